The molecule has 1 aliphatic heterocycles. The van der Waals surface area contributed by atoms with Crippen LogP contribution in [0.1, 0.15) is 23.7 Å². The molecule has 8 nitrogen and oxygen atoms in total. The third kappa shape index (κ3) is 3.64. The van der Waals surface area contributed by atoms with Gasteiger partial charge in [0.15, 0.2) is 0 Å². The summed E-state index contributed by atoms with van der Waals surface area (Å²) >= 11 is 0. The van der Waals surface area contributed by atoms with Gasteiger partial charge in [-0.25, -0.2) is 4.68 Å². The molecule has 1 aliphatic rings. The van der Waals surface area contributed by atoms with E-state index in [9.17, 15) is 9.59 Å². The van der Waals surface area contributed by atoms with Crippen molar-refractivity contribution in [1.29, 1.82) is 0 Å². The van der Waals surface area contributed by atoms with Gasteiger partial charge >= 0.3 is 0 Å². The zero-order valence-electron chi connectivity index (χ0n) is 17.9. The number of aromatic nitrogens is 4. The van der Waals surface area contributed by atoms with E-state index in [0.29, 0.717) is 24.1 Å². The van der Waals surface area contributed by atoms with E-state index in [-0.39, 0.29) is 24.1 Å². The molecular weight excluding hydrogens is 406 g/mol. The number of amides is 1. The molecule has 0 saturated heterocycles. The van der Waals surface area contributed by atoms with Crippen molar-refractivity contribution in [3.63, 3.8) is 0 Å². The largest absolute Gasteiger partial charge is 0.493 e. The predicted molar refractivity (Wildman–Crippen MR) is 120 cm³/mol. The van der Waals surface area contributed by atoms with E-state index in [1.807, 2.05) is 62.6 Å². The van der Waals surface area contributed by atoms with Crippen LogP contribution in [0.5, 0.6) is 5.75 Å². The zero-order valence-corrected chi connectivity index (χ0v) is 17.9. The highest BCUT2D eigenvalue weighted by atomic mass is 16.5. The maximum atomic E-state index is 12.9. The van der Waals surface area contributed by atoms with E-state index in [0.717, 1.165) is 28.0 Å². The smallest absolute Gasteiger partial charge is 0.275 e. The molecule has 1 atom stereocenters. The summed E-state index contributed by atoms with van der Waals surface area (Å²) in [7, 11) is 1.87. The van der Waals surface area contributed by atoms with Crippen LogP contribution >= 0.6 is 0 Å². The quantitative estimate of drug-likeness (QED) is 0.539. The van der Waals surface area contributed by atoms with Crippen LogP contribution in [0.15, 0.2) is 59.5 Å². The highest BCUT2D eigenvalue weighted by Gasteiger charge is 2.24. The average molecular weight is 429 g/mol. The summed E-state index contributed by atoms with van der Waals surface area (Å²) in [4.78, 5) is 25.7. The third-order valence-electron chi connectivity index (χ3n) is 5.74. The van der Waals surface area contributed by atoms with Gasteiger partial charge in [-0.15, -0.1) is 0 Å². The maximum absolute atomic E-state index is 12.9. The predicted octanol–water partition coefficient (Wildman–Crippen LogP) is 2.75. The van der Waals surface area contributed by atoms with Crippen LogP contribution in [0.4, 0.5) is 0 Å². The Bertz CT molecular complexity index is 1390. The van der Waals surface area contributed by atoms with Gasteiger partial charge in [-0.05, 0) is 37.3 Å². The lowest BCUT2D eigenvalue weighted by atomic mass is 9.97. The van der Waals surface area contributed by atoms with E-state index in [1.54, 1.807) is 10.7 Å². The summed E-state index contributed by atoms with van der Waals surface area (Å²) in [6.45, 7) is 2.20. The number of ether oxygens (including phenoxy) is 1. The molecule has 3 heterocycles. The van der Waals surface area contributed by atoms with Gasteiger partial charge in [-0.3, -0.25) is 14.3 Å². The molecule has 8 heteroatoms. The highest BCUT2D eigenvalue weighted by molar-refractivity contribution is 5.84. The summed E-state index contributed by atoms with van der Waals surface area (Å²) in [6, 6.07) is 14.9. The fourth-order valence-electron chi connectivity index (χ4n) is 4.16. The van der Waals surface area contributed by atoms with Crippen molar-refractivity contribution < 1.29 is 9.53 Å². The Morgan fingerprint density at radius 3 is 2.75 bits per heavy atom. The van der Waals surface area contributed by atoms with Crippen molar-refractivity contribution >= 4 is 16.7 Å². The van der Waals surface area contributed by atoms with Gasteiger partial charge in [0.05, 0.1) is 29.4 Å². The van der Waals surface area contributed by atoms with Gasteiger partial charge in [0.25, 0.3) is 5.56 Å². The second-order valence-corrected chi connectivity index (χ2v) is 7.98. The molecule has 0 aliphatic carbocycles. The molecule has 1 amide bonds. The zero-order chi connectivity index (χ0) is 22.2. The van der Waals surface area contributed by atoms with Crippen LogP contribution in [-0.4, -0.2) is 32.1 Å². The first-order valence-corrected chi connectivity index (χ1v) is 10.5. The molecule has 0 saturated carbocycles. The molecular formula is C24H23N5O3. The van der Waals surface area contributed by atoms with Crippen LogP contribution in [-0.2, 0) is 18.4 Å². The second kappa shape index (κ2) is 7.96. The van der Waals surface area contributed by atoms with Gasteiger partial charge in [0.1, 0.15) is 12.3 Å². The molecule has 2 aromatic carbocycles. The summed E-state index contributed by atoms with van der Waals surface area (Å²) in [5, 5.41) is 13.2. The van der Waals surface area contributed by atoms with Gasteiger partial charge < -0.3 is 10.1 Å². The second-order valence-electron chi connectivity index (χ2n) is 7.98. The van der Waals surface area contributed by atoms with E-state index in [4.69, 9.17) is 4.74 Å². The number of benzene rings is 2. The number of hydrogen-bond acceptors (Lipinski definition) is 5. The highest BCUT2D eigenvalue weighted by Crippen LogP contribution is 2.35. The number of carbonyl (C=O) groups excluding carboxylic acids is 1. The van der Waals surface area contributed by atoms with Crippen molar-refractivity contribution in [3.05, 3.63) is 76.3 Å². The van der Waals surface area contributed by atoms with E-state index in [1.165, 1.54) is 4.68 Å². The molecule has 2 aromatic heterocycles. The minimum Gasteiger partial charge on any atom is -0.493 e. The van der Waals surface area contributed by atoms with Crippen molar-refractivity contribution in [3.8, 4) is 17.0 Å². The molecule has 5 rings (SSSR count). The van der Waals surface area contributed by atoms with Gasteiger partial charge in [0, 0.05) is 36.2 Å². The number of fused-ring (bicyclic) bond motifs is 2. The van der Waals surface area contributed by atoms with Crippen LogP contribution in [0, 0.1) is 6.92 Å². The fraction of sp³-hybridized carbons (Fsp3) is 0.250. The normalized spacial score (nSPS) is 15.2. The van der Waals surface area contributed by atoms with E-state index < -0.39 is 0 Å². The van der Waals surface area contributed by atoms with Crippen LogP contribution < -0.4 is 15.6 Å². The first-order chi connectivity index (χ1) is 15.5. The van der Waals surface area contributed by atoms with Gasteiger partial charge in [0.2, 0.25) is 5.91 Å². The Kier molecular flexibility index (Phi) is 4.97. The lowest BCUT2D eigenvalue weighted by Crippen LogP contribution is -2.37. The lowest BCUT2D eigenvalue weighted by molar-refractivity contribution is -0.122. The number of nitrogens with zero attached hydrogens (tertiary/aromatic N) is 4. The summed E-state index contributed by atoms with van der Waals surface area (Å²) in [6.07, 6.45) is 2.53. The van der Waals surface area contributed by atoms with Crippen molar-refractivity contribution in [2.75, 3.05) is 6.61 Å². The van der Waals surface area contributed by atoms with Gasteiger partial charge in [-0.1, -0.05) is 18.2 Å². The van der Waals surface area contributed by atoms with E-state index >= 15 is 0 Å². The Balaban J connectivity index is 1.40. The Morgan fingerprint density at radius 1 is 1.16 bits per heavy atom. The molecule has 0 radical (unpaired) electrons. The summed E-state index contributed by atoms with van der Waals surface area (Å²) in [5.74, 6) is 0.480. The number of hydrogen-bond donors (Lipinski definition) is 1. The Hall–Kier alpha value is -3.94. The van der Waals surface area contributed by atoms with Crippen molar-refractivity contribution in [1.82, 2.24) is 24.9 Å². The first kappa shape index (κ1) is 20.0. The average Bonchev–Trinajstić information content (AvgIpc) is 3.23. The molecule has 0 bridgehead atoms. The monoisotopic (exact) mass is 429 g/mol. The fourth-order valence-corrected chi connectivity index (χ4v) is 4.16. The number of aryl methyl sites for hydroxylation is 2. The van der Waals surface area contributed by atoms with Crippen LogP contribution in [0.3, 0.4) is 0 Å². The summed E-state index contributed by atoms with van der Waals surface area (Å²) in [5.41, 5.74) is 3.16. The molecule has 32 heavy (non-hydrogen) atoms. The Morgan fingerprint density at radius 2 is 1.97 bits per heavy atom. The SMILES string of the molecule is Cc1nn(CC(=O)NC2CCOc3ccc(-c4ccn(C)n4)cc32)c(=O)c2ccccc12. The standard InChI is InChI=1S/C24H23N5O3/c1-15-17-5-3-4-6-18(17)24(31)29(26-15)14-23(30)25-21-10-12-32-22-8-7-16(13-19(21)22)20-9-11-28(2)27-20/h3-9,11,13,21H,10,12,14H2,1-2H3,(H,25,30). The first-order valence-electron chi connectivity index (χ1n) is 10.5. The molecule has 0 fully saturated rings. The van der Waals surface area contributed by atoms with Gasteiger partial charge in [-0.2, -0.15) is 10.2 Å². The van der Waals surface area contributed by atoms with Crippen LogP contribution in [0.25, 0.3) is 22.0 Å². The maximum Gasteiger partial charge on any atom is 0.275 e. The number of rotatable bonds is 4. The number of carbonyl (C=O) groups is 1. The lowest BCUT2D eigenvalue weighted by Gasteiger charge is -2.27. The van der Waals surface area contributed by atoms with Crippen LogP contribution in [0.2, 0.25) is 0 Å². The molecule has 1 unspecified atom stereocenters. The molecule has 0 spiro atoms. The minimum atomic E-state index is -0.272. The molecule has 162 valence electrons. The topological polar surface area (TPSA) is 91.0 Å². The van der Waals surface area contributed by atoms with Crippen molar-refractivity contribution in [2.45, 2.75) is 25.9 Å². The van der Waals surface area contributed by atoms with E-state index in [2.05, 4.69) is 15.5 Å². The number of nitrogens with one attached hydrogen (secondary N) is 1. The Labute approximate surface area is 184 Å². The summed E-state index contributed by atoms with van der Waals surface area (Å²) < 4.78 is 8.77. The molecule has 1 N–H and O–H groups in total. The molecule has 4 aromatic rings. The van der Waals surface area contributed by atoms with Crippen molar-refractivity contribution in [2.24, 2.45) is 7.05 Å². The minimum absolute atomic E-state index is 0.142. The third-order valence-corrected chi connectivity index (χ3v) is 5.74.